The number of hydroxylamine groups is 2. The Hall–Kier alpha value is -2.38. The molecular weight excluding hydrogens is 316 g/mol. The molecule has 7 heteroatoms. The lowest BCUT2D eigenvalue weighted by Crippen LogP contribution is -2.43. The lowest BCUT2D eigenvalue weighted by Gasteiger charge is -2.28. The minimum absolute atomic E-state index is 0.00115. The molecular formula is C17H17F2N3O2. The monoisotopic (exact) mass is 333 g/mol. The first-order valence-corrected chi connectivity index (χ1v) is 7.69. The number of hydrogen-bond donors (Lipinski definition) is 2. The smallest absolute Gasteiger partial charge is 0.253 e. The van der Waals surface area contributed by atoms with Crippen LogP contribution in [0.4, 0.5) is 8.78 Å². The number of aromatic nitrogens is 1. The Morgan fingerprint density at radius 3 is 2.62 bits per heavy atom. The van der Waals surface area contributed by atoms with Crippen molar-refractivity contribution in [3.05, 3.63) is 53.7 Å². The van der Waals surface area contributed by atoms with Crippen molar-refractivity contribution in [2.24, 2.45) is 0 Å². The number of pyridine rings is 1. The van der Waals surface area contributed by atoms with E-state index < -0.39 is 11.6 Å². The number of hydrogen-bond acceptors (Lipinski definition) is 4. The Morgan fingerprint density at radius 2 is 1.96 bits per heavy atom. The molecule has 1 fully saturated rings. The Morgan fingerprint density at radius 1 is 1.21 bits per heavy atom. The molecule has 24 heavy (non-hydrogen) atoms. The van der Waals surface area contributed by atoms with Crippen molar-refractivity contribution >= 4 is 5.91 Å². The molecule has 2 aromatic rings. The third kappa shape index (κ3) is 3.74. The molecule has 0 aliphatic carbocycles. The van der Waals surface area contributed by atoms with Crippen LogP contribution in [0.1, 0.15) is 23.2 Å². The summed E-state index contributed by atoms with van der Waals surface area (Å²) >= 11 is 0. The molecule has 0 atom stereocenters. The summed E-state index contributed by atoms with van der Waals surface area (Å²) in [6.45, 7) is 1.03. The molecule has 0 spiro atoms. The second-order valence-corrected chi connectivity index (χ2v) is 5.76. The molecule has 0 bridgehead atoms. The van der Waals surface area contributed by atoms with Gasteiger partial charge in [0.2, 0.25) is 0 Å². The molecule has 5 nitrogen and oxygen atoms in total. The first-order chi connectivity index (χ1) is 11.5. The molecule has 1 aliphatic heterocycles. The van der Waals surface area contributed by atoms with Crippen LogP contribution in [0.15, 0.2) is 36.5 Å². The highest BCUT2D eigenvalue weighted by Gasteiger charge is 2.20. The standard InChI is InChI=1S/C17H17F2N3O2/c18-12-2-3-15(19)14(9-12)16-4-1-11(10-20-16)17(23)21-13-5-7-22(24)8-6-13/h1-4,9-10,13,24H,5-8H2,(H,21,23). The largest absolute Gasteiger partial charge is 0.349 e. The van der Waals surface area contributed by atoms with E-state index in [1.807, 2.05) is 0 Å². The summed E-state index contributed by atoms with van der Waals surface area (Å²) in [6, 6.07) is 6.17. The van der Waals surface area contributed by atoms with Crippen LogP contribution in [-0.4, -0.2) is 40.3 Å². The molecule has 0 unspecified atom stereocenters. The molecule has 1 aromatic carbocycles. The van der Waals surface area contributed by atoms with Crippen molar-refractivity contribution in [1.29, 1.82) is 0 Å². The summed E-state index contributed by atoms with van der Waals surface area (Å²) in [4.78, 5) is 16.3. The van der Waals surface area contributed by atoms with E-state index in [0.29, 0.717) is 31.5 Å². The van der Waals surface area contributed by atoms with Crippen molar-refractivity contribution in [2.75, 3.05) is 13.1 Å². The topological polar surface area (TPSA) is 65.5 Å². The van der Waals surface area contributed by atoms with Crippen LogP contribution in [0.25, 0.3) is 11.3 Å². The average Bonchev–Trinajstić information content (AvgIpc) is 2.59. The Labute approximate surface area is 137 Å². The van der Waals surface area contributed by atoms with Gasteiger partial charge in [-0.2, -0.15) is 5.06 Å². The molecule has 126 valence electrons. The molecule has 0 saturated carbocycles. The zero-order chi connectivity index (χ0) is 17.1. The van der Waals surface area contributed by atoms with Gasteiger partial charge in [-0.25, -0.2) is 8.78 Å². The highest BCUT2D eigenvalue weighted by molar-refractivity contribution is 5.94. The lowest BCUT2D eigenvalue weighted by atomic mass is 10.1. The van der Waals surface area contributed by atoms with Crippen LogP contribution in [0.5, 0.6) is 0 Å². The van der Waals surface area contributed by atoms with Gasteiger partial charge in [0.1, 0.15) is 11.6 Å². The Bertz CT molecular complexity index is 729. The summed E-state index contributed by atoms with van der Waals surface area (Å²) in [5, 5.41) is 13.4. The lowest BCUT2D eigenvalue weighted by molar-refractivity contribution is -0.107. The van der Waals surface area contributed by atoms with Crippen molar-refractivity contribution < 1.29 is 18.8 Å². The van der Waals surface area contributed by atoms with E-state index in [2.05, 4.69) is 10.3 Å². The van der Waals surface area contributed by atoms with Crippen LogP contribution in [0, 0.1) is 11.6 Å². The average molecular weight is 333 g/mol. The van der Waals surface area contributed by atoms with Gasteiger partial charge < -0.3 is 10.5 Å². The second kappa shape index (κ2) is 7.02. The minimum Gasteiger partial charge on any atom is -0.349 e. The summed E-state index contributed by atoms with van der Waals surface area (Å²) in [6.07, 6.45) is 2.68. The predicted octanol–water partition coefficient (Wildman–Crippen LogP) is 2.61. The van der Waals surface area contributed by atoms with Crippen molar-refractivity contribution in [3.8, 4) is 11.3 Å². The molecule has 1 aliphatic rings. The number of amides is 1. The third-order valence-corrected chi connectivity index (χ3v) is 4.04. The van der Waals surface area contributed by atoms with Gasteiger partial charge in [-0.15, -0.1) is 0 Å². The zero-order valence-electron chi connectivity index (χ0n) is 12.9. The molecule has 2 N–H and O–H groups in total. The fraction of sp³-hybridized carbons (Fsp3) is 0.294. The maximum Gasteiger partial charge on any atom is 0.253 e. The third-order valence-electron chi connectivity index (χ3n) is 4.04. The van der Waals surface area contributed by atoms with Crippen molar-refractivity contribution in [2.45, 2.75) is 18.9 Å². The van der Waals surface area contributed by atoms with Crippen LogP contribution < -0.4 is 5.32 Å². The quantitative estimate of drug-likeness (QED) is 0.906. The number of nitrogens with one attached hydrogen (secondary N) is 1. The van der Waals surface area contributed by atoms with Crippen molar-refractivity contribution in [3.63, 3.8) is 0 Å². The molecule has 0 radical (unpaired) electrons. The van der Waals surface area contributed by atoms with Crippen LogP contribution in [-0.2, 0) is 0 Å². The highest BCUT2D eigenvalue weighted by Crippen LogP contribution is 2.22. The van der Waals surface area contributed by atoms with Gasteiger partial charge in [0.05, 0.1) is 11.3 Å². The fourth-order valence-corrected chi connectivity index (χ4v) is 2.66. The number of carbonyl (C=O) groups excluding carboxylic acids is 1. The maximum absolute atomic E-state index is 13.7. The van der Waals surface area contributed by atoms with Gasteiger partial charge >= 0.3 is 0 Å². The van der Waals surface area contributed by atoms with E-state index in [0.717, 1.165) is 18.2 Å². The van der Waals surface area contributed by atoms with Crippen LogP contribution in [0.3, 0.4) is 0 Å². The summed E-state index contributed by atoms with van der Waals surface area (Å²) in [5.74, 6) is -1.40. The first-order valence-electron chi connectivity index (χ1n) is 7.69. The fourth-order valence-electron chi connectivity index (χ4n) is 2.66. The van der Waals surface area contributed by atoms with E-state index in [1.165, 1.54) is 23.4 Å². The number of halogens is 2. The first kappa shape index (κ1) is 16.5. The van der Waals surface area contributed by atoms with Gasteiger partial charge in [-0.3, -0.25) is 9.78 Å². The Kier molecular flexibility index (Phi) is 4.82. The number of rotatable bonds is 3. The predicted molar refractivity (Wildman–Crippen MR) is 83.4 cm³/mol. The van der Waals surface area contributed by atoms with E-state index in [-0.39, 0.29) is 23.2 Å². The van der Waals surface area contributed by atoms with E-state index in [4.69, 9.17) is 0 Å². The van der Waals surface area contributed by atoms with Gasteiger partial charge in [0, 0.05) is 30.9 Å². The van der Waals surface area contributed by atoms with Crippen LogP contribution in [0.2, 0.25) is 0 Å². The number of piperidine rings is 1. The highest BCUT2D eigenvalue weighted by atomic mass is 19.1. The summed E-state index contributed by atoms with van der Waals surface area (Å²) in [7, 11) is 0. The van der Waals surface area contributed by atoms with Gasteiger partial charge in [0.25, 0.3) is 5.91 Å². The maximum atomic E-state index is 13.7. The van der Waals surface area contributed by atoms with E-state index in [1.54, 1.807) is 0 Å². The molecule has 2 heterocycles. The summed E-state index contributed by atoms with van der Waals surface area (Å²) in [5.41, 5.74) is 0.663. The minimum atomic E-state index is -0.572. The SMILES string of the molecule is O=C(NC1CCN(O)CC1)c1ccc(-c2cc(F)ccc2F)nc1. The number of carbonyl (C=O) groups is 1. The molecule has 1 saturated heterocycles. The van der Waals surface area contributed by atoms with Crippen LogP contribution >= 0.6 is 0 Å². The summed E-state index contributed by atoms with van der Waals surface area (Å²) < 4.78 is 27.0. The van der Waals surface area contributed by atoms with Crippen molar-refractivity contribution in [1.82, 2.24) is 15.4 Å². The zero-order valence-corrected chi connectivity index (χ0v) is 12.9. The molecule has 3 rings (SSSR count). The normalized spacial score (nSPS) is 16.1. The van der Waals surface area contributed by atoms with Gasteiger partial charge in [0.15, 0.2) is 0 Å². The van der Waals surface area contributed by atoms with E-state index >= 15 is 0 Å². The molecule has 1 amide bonds. The van der Waals surface area contributed by atoms with E-state index in [9.17, 15) is 18.8 Å². The molecule has 1 aromatic heterocycles. The second-order valence-electron chi connectivity index (χ2n) is 5.76. The number of benzene rings is 1. The van der Waals surface area contributed by atoms with Gasteiger partial charge in [-0.05, 0) is 43.2 Å². The number of nitrogens with zero attached hydrogens (tertiary/aromatic N) is 2. The Balaban J connectivity index is 1.70. The van der Waals surface area contributed by atoms with Gasteiger partial charge in [-0.1, -0.05) is 0 Å².